The molecule has 1 saturated carbocycles. The van der Waals surface area contributed by atoms with Crippen LogP contribution in [0.3, 0.4) is 0 Å². The van der Waals surface area contributed by atoms with Crippen molar-refractivity contribution in [3.8, 4) is 0 Å². The van der Waals surface area contributed by atoms with E-state index in [4.69, 9.17) is 5.73 Å². The van der Waals surface area contributed by atoms with Crippen LogP contribution in [0.4, 0.5) is 4.79 Å². The number of carbonyl (C=O) groups is 2. The number of primary amides is 1. The smallest absolute Gasteiger partial charge is 0.312 e. The van der Waals surface area contributed by atoms with E-state index in [9.17, 15) is 14.7 Å². The van der Waals surface area contributed by atoms with E-state index in [1.807, 2.05) is 6.26 Å². The van der Waals surface area contributed by atoms with E-state index in [1.54, 1.807) is 16.7 Å². The van der Waals surface area contributed by atoms with Crippen molar-refractivity contribution in [2.75, 3.05) is 38.2 Å². The van der Waals surface area contributed by atoms with Crippen molar-refractivity contribution < 1.29 is 14.7 Å². The van der Waals surface area contributed by atoms with Crippen molar-refractivity contribution in [3.05, 3.63) is 0 Å². The summed E-state index contributed by atoms with van der Waals surface area (Å²) >= 11 is 1.64. The normalized spacial score (nSPS) is 27.0. The molecule has 0 aromatic carbocycles. The van der Waals surface area contributed by atoms with Crippen LogP contribution in [-0.2, 0) is 4.79 Å². The summed E-state index contributed by atoms with van der Waals surface area (Å²) in [7, 11) is 0. The number of nitrogens with two attached hydrogens (primary N) is 1. The van der Waals surface area contributed by atoms with Gasteiger partial charge in [-0.15, -0.1) is 0 Å². The fourth-order valence-electron chi connectivity index (χ4n) is 3.51. The third kappa shape index (κ3) is 4.99. The predicted octanol–water partition coefficient (Wildman–Crippen LogP) is -0.166. The zero-order valence-corrected chi connectivity index (χ0v) is 14.6. The first-order chi connectivity index (χ1) is 11.0. The average molecular weight is 344 g/mol. The molecule has 8 heteroatoms. The van der Waals surface area contributed by atoms with Crippen LogP contribution in [0.15, 0.2) is 0 Å². The van der Waals surface area contributed by atoms with Gasteiger partial charge >= 0.3 is 6.03 Å². The van der Waals surface area contributed by atoms with Crippen molar-refractivity contribution in [2.45, 2.75) is 43.9 Å². The second-order valence-electron chi connectivity index (χ2n) is 6.27. The zero-order valence-electron chi connectivity index (χ0n) is 13.7. The molecule has 0 aromatic heterocycles. The maximum atomic E-state index is 12.6. The second kappa shape index (κ2) is 8.75. The highest BCUT2D eigenvalue weighted by atomic mass is 32.2. The molecule has 3 amide bonds. The molecule has 2 rings (SSSR count). The number of nitrogens with zero attached hydrogens (tertiary/aromatic N) is 2. The summed E-state index contributed by atoms with van der Waals surface area (Å²) in [5.74, 6) is 0.745. The van der Waals surface area contributed by atoms with Gasteiger partial charge in [0.2, 0.25) is 5.91 Å². The van der Waals surface area contributed by atoms with Gasteiger partial charge in [-0.05, 0) is 37.7 Å². The molecule has 4 N–H and O–H groups in total. The van der Waals surface area contributed by atoms with Crippen LogP contribution in [0.2, 0.25) is 0 Å². The molecule has 0 unspecified atom stereocenters. The Labute approximate surface area is 141 Å². The topological polar surface area (TPSA) is 98.9 Å². The molecule has 1 saturated heterocycles. The molecule has 1 heterocycles. The zero-order chi connectivity index (χ0) is 16.8. The first kappa shape index (κ1) is 18.4. The number of aliphatic hydroxyl groups excluding tert-OH is 1. The molecular formula is C15H28N4O3S. The molecule has 0 aromatic rings. The first-order valence-corrected chi connectivity index (χ1v) is 9.68. The summed E-state index contributed by atoms with van der Waals surface area (Å²) in [5.41, 5.74) is 5.19. The van der Waals surface area contributed by atoms with Crippen LogP contribution >= 0.6 is 11.8 Å². The Morgan fingerprint density at radius 1 is 1.30 bits per heavy atom. The number of urea groups is 1. The lowest BCUT2D eigenvalue weighted by atomic mass is 10.1. The Morgan fingerprint density at radius 2 is 2.00 bits per heavy atom. The molecule has 0 radical (unpaired) electrons. The van der Waals surface area contributed by atoms with E-state index in [2.05, 4.69) is 10.2 Å². The molecule has 2 aliphatic rings. The summed E-state index contributed by atoms with van der Waals surface area (Å²) in [6.45, 7) is 2.83. The minimum Gasteiger partial charge on any atom is -0.391 e. The number of amides is 3. The quantitative estimate of drug-likeness (QED) is 0.622. The van der Waals surface area contributed by atoms with Gasteiger partial charge in [0.15, 0.2) is 0 Å². The molecule has 1 aliphatic heterocycles. The SMILES string of the molecule is CSCC[C@H](NC(N)=O)C(=O)N1CCN([C@@H]2CCC[C@@H]2O)CC1. The highest BCUT2D eigenvalue weighted by Crippen LogP contribution is 2.25. The summed E-state index contributed by atoms with van der Waals surface area (Å²) in [4.78, 5) is 27.8. The maximum absolute atomic E-state index is 12.6. The number of rotatable bonds is 6. The minimum absolute atomic E-state index is 0.0514. The van der Waals surface area contributed by atoms with Gasteiger partial charge in [-0.3, -0.25) is 9.69 Å². The van der Waals surface area contributed by atoms with E-state index in [1.165, 1.54) is 0 Å². The highest BCUT2D eigenvalue weighted by molar-refractivity contribution is 7.98. The van der Waals surface area contributed by atoms with E-state index in [0.717, 1.165) is 38.1 Å². The van der Waals surface area contributed by atoms with Crippen LogP contribution in [-0.4, -0.2) is 83.2 Å². The van der Waals surface area contributed by atoms with Crippen LogP contribution in [0.1, 0.15) is 25.7 Å². The van der Waals surface area contributed by atoms with Gasteiger partial charge in [-0.2, -0.15) is 11.8 Å². The number of thioether (sulfide) groups is 1. The van der Waals surface area contributed by atoms with Crippen molar-refractivity contribution in [3.63, 3.8) is 0 Å². The van der Waals surface area contributed by atoms with Gasteiger partial charge in [-0.25, -0.2) is 4.79 Å². The molecule has 132 valence electrons. The number of piperazine rings is 1. The Morgan fingerprint density at radius 3 is 2.52 bits per heavy atom. The first-order valence-electron chi connectivity index (χ1n) is 8.28. The molecule has 0 bridgehead atoms. The lowest BCUT2D eigenvalue weighted by molar-refractivity contribution is -0.135. The van der Waals surface area contributed by atoms with Gasteiger partial charge < -0.3 is 21.1 Å². The number of carbonyl (C=O) groups excluding carboxylic acids is 2. The number of aliphatic hydroxyl groups is 1. The molecule has 3 atom stereocenters. The average Bonchev–Trinajstić information content (AvgIpc) is 2.96. The minimum atomic E-state index is -0.655. The Kier molecular flexibility index (Phi) is 6.98. The lowest BCUT2D eigenvalue weighted by Crippen LogP contribution is -2.57. The van der Waals surface area contributed by atoms with Crippen molar-refractivity contribution in [2.24, 2.45) is 5.73 Å². The van der Waals surface area contributed by atoms with Crippen molar-refractivity contribution >= 4 is 23.7 Å². The largest absolute Gasteiger partial charge is 0.391 e. The predicted molar refractivity (Wildman–Crippen MR) is 91.3 cm³/mol. The van der Waals surface area contributed by atoms with Crippen molar-refractivity contribution in [1.29, 1.82) is 0 Å². The van der Waals surface area contributed by atoms with Crippen molar-refractivity contribution in [1.82, 2.24) is 15.1 Å². The Hall–Kier alpha value is -0.990. The highest BCUT2D eigenvalue weighted by Gasteiger charge is 2.34. The number of nitrogens with one attached hydrogen (secondary N) is 1. The number of hydrogen-bond donors (Lipinski definition) is 3. The lowest BCUT2D eigenvalue weighted by Gasteiger charge is -2.40. The third-order valence-corrected chi connectivity index (χ3v) is 5.41. The van der Waals surface area contributed by atoms with Gasteiger partial charge in [0.1, 0.15) is 6.04 Å². The molecule has 7 nitrogen and oxygen atoms in total. The number of hydrogen-bond acceptors (Lipinski definition) is 5. The maximum Gasteiger partial charge on any atom is 0.312 e. The molecule has 1 aliphatic carbocycles. The van der Waals surface area contributed by atoms with E-state index >= 15 is 0 Å². The van der Waals surface area contributed by atoms with Gasteiger partial charge in [0, 0.05) is 32.2 Å². The van der Waals surface area contributed by atoms with Crippen LogP contribution in [0.25, 0.3) is 0 Å². The fraction of sp³-hybridized carbons (Fsp3) is 0.867. The summed E-state index contributed by atoms with van der Waals surface area (Å²) < 4.78 is 0. The summed E-state index contributed by atoms with van der Waals surface area (Å²) in [6, 6.07) is -0.955. The van der Waals surface area contributed by atoms with E-state index < -0.39 is 12.1 Å². The molecule has 23 heavy (non-hydrogen) atoms. The van der Waals surface area contributed by atoms with Crippen LogP contribution < -0.4 is 11.1 Å². The second-order valence-corrected chi connectivity index (χ2v) is 7.26. The standard InChI is InChI=1S/C15H28N4O3S/c1-23-10-5-11(17-15(16)22)14(21)19-8-6-18(7-9-19)12-3-2-4-13(12)20/h11-13,20H,2-10H2,1H3,(H3,16,17,22)/t11-,12+,13-/m0/s1. The Bertz CT molecular complexity index is 416. The fourth-order valence-corrected chi connectivity index (χ4v) is 3.98. The van der Waals surface area contributed by atoms with Gasteiger partial charge in [-0.1, -0.05) is 0 Å². The Balaban J connectivity index is 1.86. The summed E-state index contributed by atoms with van der Waals surface area (Å²) in [6.07, 6.45) is 5.31. The van der Waals surface area contributed by atoms with Gasteiger partial charge in [0.05, 0.1) is 6.10 Å². The van der Waals surface area contributed by atoms with E-state index in [0.29, 0.717) is 19.5 Å². The monoisotopic (exact) mass is 344 g/mol. The van der Waals surface area contributed by atoms with E-state index in [-0.39, 0.29) is 18.1 Å². The summed E-state index contributed by atoms with van der Waals surface area (Å²) in [5, 5.41) is 12.6. The molecular weight excluding hydrogens is 316 g/mol. The van der Waals surface area contributed by atoms with Gasteiger partial charge in [0.25, 0.3) is 0 Å². The molecule has 0 spiro atoms. The molecule has 2 fully saturated rings. The van der Waals surface area contributed by atoms with Crippen LogP contribution in [0, 0.1) is 0 Å². The third-order valence-electron chi connectivity index (χ3n) is 4.76. The van der Waals surface area contributed by atoms with Crippen LogP contribution in [0.5, 0.6) is 0 Å².